The van der Waals surface area contributed by atoms with E-state index in [1.807, 2.05) is 0 Å². The molecule has 26 heavy (non-hydrogen) atoms. The molecule has 0 aliphatic heterocycles. The normalized spacial score (nSPS) is 45.8. The molecular weight excluding hydrogens is 312 g/mol. The first kappa shape index (κ1) is 14.8. The summed E-state index contributed by atoms with van der Waals surface area (Å²) in [5.41, 5.74) is 3.45. The van der Waals surface area contributed by atoms with Crippen LogP contribution in [0.3, 0.4) is 0 Å². The summed E-state index contributed by atoms with van der Waals surface area (Å²) >= 11 is 0. The molecular formula is C26H24. The lowest BCUT2D eigenvalue weighted by atomic mass is 9.79. The van der Waals surface area contributed by atoms with Crippen LogP contribution in [0, 0.1) is 47.3 Å². The zero-order valence-electron chi connectivity index (χ0n) is 14.9. The summed E-state index contributed by atoms with van der Waals surface area (Å²) in [6, 6.07) is 0. The maximum absolute atomic E-state index is 2.47. The van der Waals surface area contributed by atoms with E-state index < -0.39 is 0 Å². The van der Waals surface area contributed by atoms with E-state index in [0.717, 1.165) is 0 Å². The molecule has 8 unspecified atom stereocenters. The number of rotatable bonds is 0. The highest BCUT2D eigenvalue weighted by molar-refractivity contribution is 5.49. The Kier molecular flexibility index (Phi) is 3.17. The Morgan fingerprint density at radius 3 is 0.808 bits per heavy atom. The summed E-state index contributed by atoms with van der Waals surface area (Å²) in [5, 5.41) is 0. The standard InChI is InChI=1S/C26H24/c1-5-13-21-17(9-1)18-10-2-6-14-22(18)25(21)26-23-15-7-3-11-19(23)20-12-4-8-16-24(20)26/h1-24H. The molecule has 2 fully saturated rings. The second-order valence-corrected chi connectivity index (χ2v) is 8.40. The Morgan fingerprint density at radius 2 is 0.538 bits per heavy atom. The zero-order chi connectivity index (χ0) is 17.1. The highest BCUT2D eigenvalue weighted by Gasteiger charge is 2.51. The van der Waals surface area contributed by atoms with Crippen LogP contribution in [0.2, 0.25) is 0 Å². The monoisotopic (exact) mass is 336 g/mol. The van der Waals surface area contributed by atoms with Gasteiger partial charge >= 0.3 is 0 Å². The largest absolute Gasteiger partial charge is 0.0799 e. The maximum Gasteiger partial charge on any atom is 0.00580 e. The molecule has 0 spiro atoms. The summed E-state index contributed by atoms with van der Waals surface area (Å²) < 4.78 is 0. The Balaban J connectivity index is 1.58. The van der Waals surface area contributed by atoms with Crippen LogP contribution < -0.4 is 0 Å². The van der Waals surface area contributed by atoms with Crippen molar-refractivity contribution in [3.63, 3.8) is 0 Å². The van der Waals surface area contributed by atoms with Gasteiger partial charge in [0.2, 0.25) is 0 Å². The van der Waals surface area contributed by atoms with Crippen molar-refractivity contribution in [1.82, 2.24) is 0 Å². The molecule has 0 radical (unpaired) electrons. The van der Waals surface area contributed by atoms with Crippen molar-refractivity contribution in [3.05, 3.63) is 108 Å². The quantitative estimate of drug-likeness (QED) is 0.495. The smallest absolute Gasteiger partial charge is 0.00580 e. The van der Waals surface area contributed by atoms with Crippen molar-refractivity contribution in [1.29, 1.82) is 0 Å². The predicted octanol–water partition coefficient (Wildman–Crippen LogP) is 5.74. The van der Waals surface area contributed by atoms with E-state index in [1.54, 1.807) is 11.1 Å². The first-order chi connectivity index (χ1) is 12.9. The van der Waals surface area contributed by atoms with Crippen molar-refractivity contribution < 1.29 is 0 Å². The van der Waals surface area contributed by atoms with Crippen LogP contribution in [0.15, 0.2) is 108 Å². The highest BCUT2D eigenvalue weighted by atomic mass is 14.5. The lowest BCUT2D eigenvalue weighted by Gasteiger charge is -2.26. The molecule has 8 atom stereocenters. The van der Waals surface area contributed by atoms with Crippen LogP contribution in [-0.4, -0.2) is 0 Å². The molecule has 0 bridgehead atoms. The maximum atomic E-state index is 2.47. The first-order valence-corrected chi connectivity index (χ1v) is 10.1. The van der Waals surface area contributed by atoms with Crippen LogP contribution >= 0.6 is 0 Å². The second kappa shape index (κ2) is 5.58. The van der Waals surface area contributed by atoms with Crippen molar-refractivity contribution in [2.45, 2.75) is 0 Å². The number of allylic oxidation sites excluding steroid dienone is 18. The second-order valence-electron chi connectivity index (χ2n) is 8.40. The molecule has 0 amide bonds. The van der Waals surface area contributed by atoms with Gasteiger partial charge in [0.1, 0.15) is 0 Å². The van der Waals surface area contributed by atoms with Gasteiger partial charge in [0, 0.05) is 23.7 Å². The fourth-order valence-electron chi connectivity index (χ4n) is 6.43. The molecule has 0 aromatic rings. The number of hydrogen-bond donors (Lipinski definition) is 0. The average Bonchev–Trinajstić information content (AvgIpc) is 3.21. The van der Waals surface area contributed by atoms with Gasteiger partial charge in [-0.05, 0) is 23.7 Å². The summed E-state index contributed by atoms with van der Waals surface area (Å²) in [6.45, 7) is 0. The Hall–Kier alpha value is -2.34. The summed E-state index contributed by atoms with van der Waals surface area (Å²) in [4.78, 5) is 0. The topological polar surface area (TPSA) is 0 Å². The van der Waals surface area contributed by atoms with Gasteiger partial charge in [0.25, 0.3) is 0 Å². The molecule has 2 saturated carbocycles. The molecule has 0 heteroatoms. The summed E-state index contributed by atoms with van der Waals surface area (Å²) in [7, 11) is 0. The minimum absolute atomic E-state index is 0.565. The Morgan fingerprint density at radius 1 is 0.308 bits per heavy atom. The van der Waals surface area contributed by atoms with Crippen LogP contribution in [0.4, 0.5) is 0 Å². The van der Waals surface area contributed by atoms with Gasteiger partial charge < -0.3 is 0 Å². The molecule has 0 nitrogen and oxygen atoms in total. The number of fused-ring (bicyclic) bond motifs is 6. The minimum Gasteiger partial charge on any atom is -0.0799 e. The fourth-order valence-corrected chi connectivity index (χ4v) is 6.43. The van der Waals surface area contributed by atoms with E-state index >= 15 is 0 Å². The average molecular weight is 336 g/mol. The highest BCUT2D eigenvalue weighted by Crippen LogP contribution is 2.59. The molecule has 128 valence electrons. The van der Waals surface area contributed by atoms with Gasteiger partial charge in [-0.2, -0.15) is 0 Å². The van der Waals surface area contributed by atoms with E-state index in [0.29, 0.717) is 47.3 Å². The van der Waals surface area contributed by atoms with Gasteiger partial charge in [-0.1, -0.05) is 108 Å². The van der Waals surface area contributed by atoms with Gasteiger partial charge in [0.05, 0.1) is 0 Å². The van der Waals surface area contributed by atoms with E-state index in [1.165, 1.54) is 0 Å². The first-order valence-electron chi connectivity index (χ1n) is 10.1. The van der Waals surface area contributed by atoms with Gasteiger partial charge in [0.15, 0.2) is 0 Å². The van der Waals surface area contributed by atoms with Gasteiger partial charge in [-0.25, -0.2) is 0 Å². The van der Waals surface area contributed by atoms with Crippen molar-refractivity contribution in [2.24, 2.45) is 47.3 Å². The lowest BCUT2D eigenvalue weighted by Crippen LogP contribution is -2.14. The molecule has 0 aromatic heterocycles. The third-order valence-electron chi connectivity index (χ3n) is 7.37. The lowest BCUT2D eigenvalue weighted by molar-refractivity contribution is 0.461. The summed E-state index contributed by atoms with van der Waals surface area (Å²) in [5.74, 6) is 4.75. The van der Waals surface area contributed by atoms with Crippen molar-refractivity contribution in [3.8, 4) is 0 Å². The molecule has 6 aliphatic rings. The minimum atomic E-state index is 0.565. The third kappa shape index (κ3) is 1.91. The fraction of sp³-hybridized carbons (Fsp3) is 0.308. The van der Waals surface area contributed by atoms with E-state index in [-0.39, 0.29) is 0 Å². The van der Waals surface area contributed by atoms with Crippen LogP contribution in [0.25, 0.3) is 0 Å². The van der Waals surface area contributed by atoms with Gasteiger partial charge in [-0.3, -0.25) is 0 Å². The zero-order valence-corrected chi connectivity index (χ0v) is 14.9. The van der Waals surface area contributed by atoms with Gasteiger partial charge in [-0.15, -0.1) is 0 Å². The third-order valence-corrected chi connectivity index (χ3v) is 7.37. The molecule has 0 aromatic carbocycles. The van der Waals surface area contributed by atoms with Crippen LogP contribution in [0.5, 0.6) is 0 Å². The molecule has 6 aliphatic carbocycles. The van der Waals surface area contributed by atoms with Crippen molar-refractivity contribution in [2.75, 3.05) is 0 Å². The van der Waals surface area contributed by atoms with E-state index in [9.17, 15) is 0 Å². The molecule has 0 N–H and O–H groups in total. The Bertz CT molecular complexity index is 748. The molecule has 6 rings (SSSR count). The summed E-state index contributed by atoms with van der Waals surface area (Å²) in [6.07, 6.45) is 37.8. The van der Waals surface area contributed by atoms with Crippen LogP contribution in [-0.2, 0) is 0 Å². The number of hydrogen-bond acceptors (Lipinski definition) is 0. The van der Waals surface area contributed by atoms with E-state index in [2.05, 4.69) is 97.2 Å². The van der Waals surface area contributed by atoms with E-state index in [4.69, 9.17) is 0 Å². The predicted molar refractivity (Wildman–Crippen MR) is 108 cm³/mol. The molecule has 0 heterocycles. The SMILES string of the molecule is C1=CC2C(=C3C4C=CC=CC4C4C=CC=CC34)C3C=CC=CC3C2C=C1. The Labute approximate surface area is 156 Å². The van der Waals surface area contributed by atoms with Crippen molar-refractivity contribution >= 4 is 0 Å². The van der Waals surface area contributed by atoms with Crippen LogP contribution in [0.1, 0.15) is 0 Å². The molecule has 0 saturated heterocycles.